The number of hydrogen-bond donors (Lipinski definition) is 1. The molecule has 0 bridgehead atoms. The lowest BCUT2D eigenvalue weighted by atomic mass is 10.2. The monoisotopic (exact) mass is 293 g/mol. The number of rotatable bonds is 5. The molecule has 0 radical (unpaired) electrons. The van der Waals surface area contributed by atoms with Crippen LogP contribution in [0, 0.1) is 6.92 Å². The van der Waals surface area contributed by atoms with Gasteiger partial charge < -0.3 is 10.1 Å². The highest BCUT2D eigenvalue weighted by Gasteiger charge is 2.13. The van der Waals surface area contributed by atoms with Gasteiger partial charge in [-0.15, -0.1) is 0 Å². The third-order valence-electron chi connectivity index (χ3n) is 3.30. The zero-order valence-corrected chi connectivity index (χ0v) is 13.1. The topological polar surface area (TPSA) is 39.1 Å². The number of nitrogens with zero attached hydrogens (tertiary/aromatic N) is 2. The molecule has 2 aromatic rings. The lowest BCUT2D eigenvalue weighted by molar-refractivity contribution is 0.416. The van der Waals surface area contributed by atoms with Crippen molar-refractivity contribution in [3.8, 4) is 5.75 Å². The lowest BCUT2D eigenvalue weighted by Gasteiger charge is -2.12. The van der Waals surface area contributed by atoms with E-state index < -0.39 is 0 Å². The van der Waals surface area contributed by atoms with E-state index in [9.17, 15) is 0 Å². The first-order chi connectivity index (χ1) is 9.56. The first kappa shape index (κ1) is 14.7. The Morgan fingerprint density at radius 1 is 1.40 bits per heavy atom. The number of ether oxygens (including phenoxy) is 1. The number of anilines is 1. The summed E-state index contributed by atoms with van der Waals surface area (Å²) in [5, 5.41) is 8.53. The van der Waals surface area contributed by atoms with Crippen LogP contribution in [0.5, 0.6) is 5.75 Å². The summed E-state index contributed by atoms with van der Waals surface area (Å²) < 4.78 is 7.19. The van der Waals surface area contributed by atoms with E-state index in [-0.39, 0.29) is 0 Å². The van der Waals surface area contributed by atoms with E-state index in [0.29, 0.717) is 6.54 Å². The van der Waals surface area contributed by atoms with Gasteiger partial charge in [-0.1, -0.05) is 24.6 Å². The van der Waals surface area contributed by atoms with Crippen molar-refractivity contribution in [3.63, 3.8) is 0 Å². The molecule has 108 valence electrons. The molecule has 0 unspecified atom stereocenters. The van der Waals surface area contributed by atoms with Gasteiger partial charge in [-0.25, -0.2) is 0 Å². The molecule has 0 amide bonds. The van der Waals surface area contributed by atoms with Gasteiger partial charge in [0.05, 0.1) is 35.8 Å². The predicted molar refractivity (Wildman–Crippen MR) is 82.7 cm³/mol. The van der Waals surface area contributed by atoms with Crippen molar-refractivity contribution >= 4 is 17.3 Å². The molecule has 1 aromatic heterocycles. The minimum atomic E-state index is 0.613. The second kappa shape index (κ2) is 6.18. The summed E-state index contributed by atoms with van der Waals surface area (Å²) in [6, 6.07) is 6.04. The van der Waals surface area contributed by atoms with Crippen LogP contribution in [0.1, 0.15) is 23.9 Å². The first-order valence-corrected chi connectivity index (χ1v) is 7.03. The van der Waals surface area contributed by atoms with Gasteiger partial charge in [0.15, 0.2) is 0 Å². The highest BCUT2D eigenvalue weighted by Crippen LogP contribution is 2.27. The molecular formula is C15H20ClN3O. The summed E-state index contributed by atoms with van der Waals surface area (Å²) in [5.74, 6) is 0.824. The Kier molecular flexibility index (Phi) is 4.55. The van der Waals surface area contributed by atoms with Crippen molar-refractivity contribution in [2.24, 2.45) is 7.05 Å². The van der Waals surface area contributed by atoms with Gasteiger partial charge in [-0.05, 0) is 31.0 Å². The normalized spacial score (nSPS) is 10.7. The second-order valence-electron chi connectivity index (χ2n) is 4.74. The van der Waals surface area contributed by atoms with Gasteiger partial charge in [0.1, 0.15) is 5.75 Å². The molecule has 0 saturated heterocycles. The fourth-order valence-electron chi connectivity index (χ4n) is 2.15. The maximum absolute atomic E-state index is 6.35. The smallest absolute Gasteiger partial charge is 0.141 e. The number of methoxy groups -OCH3 is 1. The van der Waals surface area contributed by atoms with Crippen molar-refractivity contribution in [3.05, 3.63) is 40.2 Å². The van der Waals surface area contributed by atoms with Crippen LogP contribution in [0.2, 0.25) is 5.02 Å². The van der Waals surface area contributed by atoms with E-state index >= 15 is 0 Å². The predicted octanol–water partition coefficient (Wildman–Crippen LogP) is 3.57. The number of hydrogen-bond acceptors (Lipinski definition) is 3. The van der Waals surface area contributed by atoms with Crippen LogP contribution < -0.4 is 10.1 Å². The van der Waals surface area contributed by atoms with Crippen molar-refractivity contribution in [1.82, 2.24) is 9.78 Å². The Morgan fingerprint density at radius 3 is 2.75 bits per heavy atom. The highest BCUT2D eigenvalue weighted by molar-refractivity contribution is 6.31. The third kappa shape index (κ3) is 2.90. The van der Waals surface area contributed by atoms with E-state index in [1.807, 2.05) is 23.9 Å². The van der Waals surface area contributed by atoms with E-state index in [0.717, 1.165) is 34.3 Å². The van der Waals surface area contributed by atoms with Gasteiger partial charge in [0.2, 0.25) is 0 Å². The minimum absolute atomic E-state index is 0.613. The van der Waals surface area contributed by atoms with E-state index in [4.69, 9.17) is 16.3 Å². The van der Waals surface area contributed by atoms with Crippen LogP contribution >= 0.6 is 11.6 Å². The molecule has 0 aliphatic heterocycles. The SMILES string of the molecule is CCc1nn(C)c(CNc2cc(C)ccc2OC)c1Cl. The second-order valence-corrected chi connectivity index (χ2v) is 5.12. The highest BCUT2D eigenvalue weighted by atomic mass is 35.5. The van der Waals surface area contributed by atoms with Crippen molar-refractivity contribution in [1.29, 1.82) is 0 Å². The summed E-state index contributed by atoms with van der Waals surface area (Å²) in [6.07, 6.45) is 0.834. The summed E-state index contributed by atoms with van der Waals surface area (Å²) >= 11 is 6.35. The van der Waals surface area contributed by atoms with E-state index in [1.165, 1.54) is 5.56 Å². The van der Waals surface area contributed by atoms with Crippen LogP contribution in [0.15, 0.2) is 18.2 Å². The summed E-state index contributed by atoms with van der Waals surface area (Å²) in [6.45, 7) is 4.72. The molecule has 0 atom stereocenters. The number of aromatic nitrogens is 2. The third-order valence-corrected chi connectivity index (χ3v) is 3.74. The molecule has 1 heterocycles. The number of nitrogens with one attached hydrogen (secondary N) is 1. The number of benzene rings is 1. The van der Waals surface area contributed by atoms with Gasteiger partial charge in [-0.2, -0.15) is 5.10 Å². The molecular weight excluding hydrogens is 274 g/mol. The van der Waals surface area contributed by atoms with Crippen LogP contribution in [-0.2, 0) is 20.0 Å². The Bertz CT molecular complexity index is 607. The molecule has 0 spiro atoms. The Balaban J connectivity index is 2.21. The van der Waals surface area contributed by atoms with Gasteiger partial charge >= 0.3 is 0 Å². The molecule has 0 saturated carbocycles. The largest absolute Gasteiger partial charge is 0.495 e. The zero-order chi connectivity index (χ0) is 14.7. The van der Waals surface area contributed by atoms with Crippen LogP contribution in [0.4, 0.5) is 5.69 Å². The van der Waals surface area contributed by atoms with Crippen LogP contribution in [-0.4, -0.2) is 16.9 Å². The molecule has 0 aliphatic carbocycles. The summed E-state index contributed by atoms with van der Waals surface area (Å²) in [7, 11) is 3.58. The molecule has 2 rings (SSSR count). The summed E-state index contributed by atoms with van der Waals surface area (Å²) in [4.78, 5) is 0. The first-order valence-electron chi connectivity index (χ1n) is 6.65. The molecule has 0 fully saturated rings. The quantitative estimate of drug-likeness (QED) is 0.916. The molecule has 5 heteroatoms. The van der Waals surface area contributed by atoms with Gasteiger partial charge in [0.25, 0.3) is 0 Å². The fraction of sp³-hybridized carbons (Fsp3) is 0.400. The van der Waals surface area contributed by atoms with Crippen LogP contribution in [0.3, 0.4) is 0 Å². The molecule has 1 aromatic carbocycles. The average Bonchev–Trinajstić information content (AvgIpc) is 2.71. The Morgan fingerprint density at radius 2 is 2.15 bits per heavy atom. The molecule has 4 nitrogen and oxygen atoms in total. The Hall–Kier alpha value is -1.68. The standard InChI is InChI=1S/C15H20ClN3O/c1-5-11-15(16)13(19(3)18-11)9-17-12-8-10(2)6-7-14(12)20-4/h6-8,17H,5,9H2,1-4H3. The number of halogens is 1. The van der Waals surface area contributed by atoms with Gasteiger partial charge in [0, 0.05) is 7.05 Å². The fourth-order valence-corrected chi connectivity index (χ4v) is 2.51. The zero-order valence-electron chi connectivity index (χ0n) is 12.3. The van der Waals surface area contributed by atoms with Crippen LogP contribution in [0.25, 0.3) is 0 Å². The molecule has 0 aliphatic rings. The van der Waals surface area contributed by atoms with Crippen molar-refractivity contribution < 1.29 is 4.74 Å². The summed E-state index contributed by atoms with van der Waals surface area (Å²) in [5.41, 5.74) is 4.05. The van der Waals surface area contributed by atoms with E-state index in [1.54, 1.807) is 7.11 Å². The number of aryl methyl sites for hydroxylation is 3. The maximum Gasteiger partial charge on any atom is 0.141 e. The van der Waals surface area contributed by atoms with E-state index in [2.05, 4.69) is 30.3 Å². The minimum Gasteiger partial charge on any atom is -0.495 e. The Labute approximate surface area is 124 Å². The van der Waals surface area contributed by atoms with Gasteiger partial charge in [-0.3, -0.25) is 4.68 Å². The van der Waals surface area contributed by atoms with Crippen molar-refractivity contribution in [2.45, 2.75) is 26.8 Å². The molecule has 20 heavy (non-hydrogen) atoms. The molecule has 1 N–H and O–H groups in total. The average molecular weight is 294 g/mol. The lowest BCUT2D eigenvalue weighted by Crippen LogP contribution is -2.07. The maximum atomic E-state index is 6.35. The van der Waals surface area contributed by atoms with Crippen molar-refractivity contribution in [2.75, 3.05) is 12.4 Å².